The van der Waals surface area contributed by atoms with Crippen LogP contribution in [0.1, 0.15) is 30.1 Å². The lowest BCUT2D eigenvalue weighted by atomic mass is 10.0. The van der Waals surface area contributed by atoms with E-state index in [1.54, 1.807) is 16.8 Å². The van der Waals surface area contributed by atoms with Crippen LogP contribution in [0.25, 0.3) is 0 Å². The van der Waals surface area contributed by atoms with Gasteiger partial charge in [0.25, 0.3) is 0 Å². The van der Waals surface area contributed by atoms with Gasteiger partial charge in [-0.2, -0.15) is 5.10 Å². The number of benzene rings is 1. The summed E-state index contributed by atoms with van der Waals surface area (Å²) >= 11 is 5.94. The van der Waals surface area contributed by atoms with Crippen molar-refractivity contribution in [3.8, 4) is 0 Å². The van der Waals surface area contributed by atoms with Crippen LogP contribution in [0.4, 0.5) is 0 Å². The summed E-state index contributed by atoms with van der Waals surface area (Å²) in [5.41, 5.74) is 1.61. The first-order valence-electron chi connectivity index (χ1n) is 7.37. The molecule has 2 aromatic rings. The fourth-order valence-corrected chi connectivity index (χ4v) is 2.75. The molecule has 0 radical (unpaired) electrons. The van der Waals surface area contributed by atoms with Crippen LogP contribution in [0.3, 0.4) is 0 Å². The highest BCUT2D eigenvalue weighted by Crippen LogP contribution is 2.23. The zero-order valence-corrected chi connectivity index (χ0v) is 13.4. The maximum atomic E-state index is 12.4. The number of rotatable bonds is 4. The number of aryl methyl sites for hydroxylation is 1. The SMILES string of the molecule is Cn1ccc([C@H](NC(=O)[C@H]2CCC(=O)N2)c2ccc(Cl)cc2)n1. The van der Waals surface area contributed by atoms with Gasteiger partial charge in [0.15, 0.2) is 0 Å². The van der Waals surface area contributed by atoms with Gasteiger partial charge in [0.2, 0.25) is 11.8 Å². The van der Waals surface area contributed by atoms with Gasteiger partial charge in [0.1, 0.15) is 6.04 Å². The summed E-state index contributed by atoms with van der Waals surface area (Å²) < 4.78 is 1.68. The smallest absolute Gasteiger partial charge is 0.243 e. The van der Waals surface area contributed by atoms with Crippen LogP contribution in [-0.4, -0.2) is 27.6 Å². The lowest BCUT2D eigenvalue weighted by molar-refractivity contribution is -0.126. The molecule has 2 heterocycles. The Hall–Kier alpha value is -2.34. The van der Waals surface area contributed by atoms with Gasteiger partial charge < -0.3 is 10.6 Å². The summed E-state index contributed by atoms with van der Waals surface area (Å²) in [4.78, 5) is 23.7. The van der Waals surface area contributed by atoms with Crippen LogP contribution in [0, 0.1) is 0 Å². The van der Waals surface area contributed by atoms with Crippen molar-refractivity contribution in [2.24, 2.45) is 7.05 Å². The lowest BCUT2D eigenvalue weighted by Crippen LogP contribution is -2.43. The third kappa shape index (κ3) is 3.53. The van der Waals surface area contributed by atoms with Crippen LogP contribution >= 0.6 is 11.6 Å². The fraction of sp³-hybridized carbons (Fsp3) is 0.312. The molecule has 2 N–H and O–H groups in total. The van der Waals surface area contributed by atoms with Crippen LogP contribution in [0.5, 0.6) is 0 Å². The van der Waals surface area contributed by atoms with Crippen molar-refractivity contribution in [3.63, 3.8) is 0 Å². The molecule has 0 bridgehead atoms. The van der Waals surface area contributed by atoms with E-state index in [9.17, 15) is 9.59 Å². The third-order valence-corrected chi connectivity index (χ3v) is 4.08. The van der Waals surface area contributed by atoms with Gasteiger partial charge in [-0.15, -0.1) is 0 Å². The summed E-state index contributed by atoms with van der Waals surface area (Å²) in [7, 11) is 1.82. The van der Waals surface area contributed by atoms with Crippen molar-refractivity contribution in [1.82, 2.24) is 20.4 Å². The Morgan fingerprint density at radius 2 is 2.13 bits per heavy atom. The average molecular weight is 333 g/mol. The van der Waals surface area contributed by atoms with E-state index in [1.165, 1.54) is 0 Å². The number of amides is 2. The molecule has 2 atom stereocenters. The largest absolute Gasteiger partial charge is 0.344 e. The Balaban J connectivity index is 1.84. The predicted octanol–water partition coefficient (Wildman–Crippen LogP) is 1.56. The van der Waals surface area contributed by atoms with Crippen LogP contribution < -0.4 is 10.6 Å². The highest BCUT2D eigenvalue weighted by Gasteiger charge is 2.29. The Bertz CT molecular complexity index is 726. The molecule has 1 saturated heterocycles. The number of nitrogens with zero attached hydrogens (tertiary/aromatic N) is 2. The van der Waals surface area contributed by atoms with E-state index in [0.29, 0.717) is 17.9 Å². The van der Waals surface area contributed by atoms with E-state index in [4.69, 9.17) is 11.6 Å². The third-order valence-electron chi connectivity index (χ3n) is 3.83. The zero-order chi connectivity index (χ0) is 16.4. The highest BCUT2D eigenvalue weighted by atomic mass is 35.5. The number of carbonyl (C=O) groups is 2. The van der Waals surface area contributed by atoms with Crippen LogP contribution in [0.15, 0.2) is 36.5 Å². The molecule has 1 aliphatic heterocycles. The van der Waals surface area contributed by atoms with E-state index in [1.807, 2.05) is 31.4 Å². The van der Waals surface area contributed by atoms with Crippen molar-refractivity contribution in [2.45, 2.75) is 24.9 Å². The molecule has 0 saturated carbocycles. The standard InChI is InChI=1S/C16H17ClN4O2/c1-21-9-8-12(20-21)15(10-2-4-11(17)5-3-10)19-16(23)13-6-7-14(22)18-13/h2-5,8-9,13,15H,6-7H2,1H3,(H,18,22)(H,19,23)/t13-,15-/m1/s1. The molecule has 0 aliphatic carbocycles. The highest BCUT2D eigenvalue weighted by molar-refractivity contribution is 6.30. The normalized spacial score (nSPS) is 18.5. The summed E-state index contributed by atoms with van der Waals surface area (Å²) in [5.74, 6) is -0.299. The van der Waals surface area contributed by atoms with Gasteiger partial charge in [-0.05, 0) is 30.2 Å². The predicted molar refractivity (Wildman–Crippen MR) is 85.8 cm³/mol. The first kappa shape index (κ1) is 15.6. The molecule has 1 aromatic carbocycles. The molecule has 3 rings (SSSR count). The number of nitrogens with one attached hydrogen (secondary N) is 2. The molecule has 0 spiro atoms. The second-order valence-corrected chi connectivity index (χ2v) is 6.00. The van der Waals surface area contributed by atoms with Gasteiger partial charge in [-0.25, -0.2) is 0 Å². The maximum absolute atomic E-state index is 12.4. The number of aromatic nitrogens is 2. The minimum atomic E-state index is -0.485. The number of hydrogen-bond acceptors (Lipinski definition) is 3. The Kier molecular flexibility index (Phi) is 4.34. The number of halogens is 1. The summed E-state index contributed by atoms with van der Waals surface area (Å²) in [6.07, 6.45) is 2.72. The Morgan fingerprint density at radius 1 is 1.39 bits per heavy atom. The first-order valence-corrected chi connectivity index (χ1v) is 7.75. The van der Waals surface area contributed by atoms with Crippen LogP contribution in [-0.2, 0) is 16.6 Å². The molecular weight excluding hydrogens is 316 g/mol. The van der Waals surface area contributed by atoms with Gasteiger partial charge >= 0.3 is 0 Å². The maximum Gasteiger partial charge on any atom is 0.243 e. The average Bonchev–Trinajstić information content (AvgIpc) is 3.14. The van der Waals surface area contributed by atoms with Crippen molar-refractivity contribution in [2.75, 3.05) is 0 Å². The van der Waals surface area contributed by atoms with Gasteiger partial charge in [-0.3, -0.25) is 14.3 Å². The summed E-state index contributed by atoms with van der Waals surface area (Å²) in [6.45, 7) is 0. The minimum Gasteiger partial charge on any atom is -0.344 e. The Morgan fingerprint density at radius 3 is 2.70 bits per heavy atom. The van der Waals surface area contributed by atoms with Crippen molar-refractivity contribution in [3.05, 3.63) is 52.8 Å². The molecule has 0 unspecified atom stereocenters. The van der Waals surface area contributed by atoms with E-state index < -0.39 is 12.1 Å². The van der Waals surface area contributed by atoms with Crippen LogP contribution in [0.2, 0.25) is 5.02 Å². The molecule has 2 amide bonds. The molecule has 6 nitrogen and oxygen atoms in total. The van der Waals surface area contributed by atoms with E-state index in [2.05, 4.69) is 15.7 Å². The van der Waals surface area contributed by atoms with E-state index in [0.717, 1.165) is 11.3 Å². The van der Waals surface area contributed by atoms with Gasteiger partial charge in [-0.1, -0.05) is 23.7 Å². The minimum absolute atomic E-state index is 0.0916. The Labute approximate surface area is 138 Å². The molecule has 7 heteroatoms. The van der Waals surface area contributed by atoms with Crippen molar-refractivity contribution in [1.29, 1.82) is 0 Å². The summed E-state index contributed by atoms with van der Waals surface area (Å²) in [6, 6.07) is 8.24. The van der Waals surface area contributed by atoms with Gasteiger partial charge in [0.05, 0.1) is 11.7 Å². The number of carbonyl (C=O) groups excluding carboxylic acids is 2. The van der Waals surface area contributed by atoms with Gasteiger partial charge in [0, 0.05) is 24.7 Å². The zero-order valence-electron chi connectivity index (χ0n) is 12.6. The second-order valence-electron chi connectivity index (χ2n) is 5.57. The molecule has 23 heavy (non-hydrogen) atoms. The summed E-state index contributed by atoms with van der Waals surface area (Å²) in [5, 5.41) is 10.7. The first-order chi connectivity index (χ1) is 11.0. The lowest BCUT2D eigenvalue weighted by Gasteiger charge is -2.20. The molecule has 1 aliphatic rings. The van der Waals surface area contributed by atoms with E-state index in [-0.39, 0.29) is 11.8 Å². The monoisotopic (exact) mass is 332 g/mol. The fourth-order valence-electron chi connectivity index (χ4n) is 2.62. The quantitative estimate of drug-likeness (QED) is 0.892. The topological polar surface area (TPSA) is 76.0 Å². The molecule has 1 fully saturated rings. The van der Waals surface area contributed by atoms with Crippen molar-refractivity contribution < 1.29 is 9.59 Å². The molecular formula is C16H17ClN4O2. The van der Waals surface area contributed by atoms with Crippen molar-refractivity contribution >= 4 is 23.4 Å². The molecule has 1 aromatic heterocycles. The second kappa shape index (κ2) is 6.42. The number of hydrogen-bond donors (Lipinski definition) is 2. The van der Waals surface area contributed by atoms with E-state index >= 15 is 0 Å². The molecule has 120 valence electrons.